The van der Waals surface area contributed by atoms with Crippen LogP contribution in [0.2, 0.25) is 0 Å². The Hall–Kier alpha value is -3.37. The van der Waals surface area contributed by atoms with Crippen molar-refractivity contribution < 1.29 is 5.11 Å². The Bertz CT molecular complexity index is 1050. The number of rotatable bonds is 10. The molecule has 0 saturated carbocycles. The molecule has 0 bridgehead atoms. The van der Waals surface area contributed by atoms with Gasteiger partial charge in [0.15, 0.2) is 0 Å². The molecule has 164 valence electrons. The van der Waals surface area contributed by atoms with Crippen molar-refractivity contribution in [1.29, 1.82) is 0 Å². The third-order valence-corrected chi connectivity index (χ3v) is 5.74. The lowest BCUT2D eigenvalue weighted by molar-refractivity contribution is 0.264. The van der Waals surface area contributed by atoms with Crippen molar-refractivity contribution in [2.75, 3.05) is 30.5 Å². The Morgan fingerprint density at radius 1 is 0.656 bits per heavy atom. The van der Waals surface area contributed by atoms with E-state index in [2.05, 4.69) is 84.6 Å². The predicted molar refractivity (Wildman–Crippen MR) is 132 cm³/mol. The molecule has 0 amide bonds. The van der Waals surface area contributed by atoms with Crippen molar-refractivity contribution in [1.82, 2.24) is 0 Å². The first-order chi connectivity index (χ1) is 15.7. The zero-order chi connectivity index (χ0) is 22.3. The SMILES string of the molecule is CN(Cc1ccccc1)c1c(N(C)Cc2ccccc2)c1=NC(CO)Cc1ccccc1. The summed E-state index contributed by atoms with van der Waals surface area (Å²) < 4.78 is 0. The molecule has 4 nitrogen and oxygen atoms in total. The topological polar surface area (TPSA) is 39.1 Å². The molecule has 32 heavy (non-hydrogen) atoms. The van der Waals surface area contributed by atoms with Crippen LogP contribution < -0.4 is 15.2 Å². The van der Waals surface area contributed by atoms with Crippen LogP contribution in [-0.4, -0.2) is 31.9 Å². The van der Waals surface area contributed by atoms with Crippen molar-refractivity contribution in [3.8, 4) is 0 Å². The molecule has 4 aromatic rings. The van der Waals surface area contributed by atoms with Gasteiger partial charge in [0, 0.05) is 27.2 Å². The van der Waals surface area contributed by atoms with Crippen molar-refractivity contribution in [3.05, 3.63) is 113 Å². The lowest BCUT2D eigenvalue weighted by Crippen LogP contribution is -2.19. The van der Waals surface area contributed by atoms with E-state index in [4.69, 9.17) is 4.99 Å². The van der Waals surface area contributed by atoms with E-state index in [-0.39, 0.29) is 12.6 Å². The average molecular weight is 426 g/mol. The second-order valence-electron chi connectivity index (χ2n) is 8.38. The van der Waals surface area contributed by atoms with Crippen molar-refractivity contribution >= 4 is 11.4 Å². The standard InChI is InChI=1S/C28H31N3O/c1-30(19-23-14-8-4-9-15-23)27-26(28(27)31(2)20-24-16-10-5-11-17-24)29-25(21-32)18-22-12-6-3-7-13-22/h3-17,25,32H,18-21H2,1-2H3. The summed E-state index contributed by atoms with van der Waals surface area (Å²) in [6.45, 7) is 1.67. The summed E-state index contributed by atoms with van der Waals surface area (Å²) in [6, 6.07) is 31.1. The molecule has 0 radical (unpaired) electrons. The maximum atomic E-state index is 10.0. The van der Waals surface area contributed by atoms with Crippen LogP contribution in [0.4, 0.5) is 11.4 Å². The van der Waals surface area contributed by atoms with E-state index < -0.39 is 0 Å². The van der Waals surface area contributed by atoms with Crippen LogP contribution in [0.3, 0.4) is 0 Å². The summed E-state index contributed by atoms with van der Waals surface area (Å²) in [5.41, 5.74) is 6.05. The molecule has 1 unspecified atom stereocenters. The number of nitrogens with zero attached hydrogens (tertiary/aromatic N) is 3. The van der Waals surface area contributed by atoms with Gasteiger partial charge in [-0.05, 0) is 23.1 Å². The highest BCUT2D eigenvalue weighted by molar-refractivity contribution is 5.84. The Balaban J connectivity index is 1.59. The third kappa shape index (κ3) is 5.45. The molecule has 0 aliphatic rings. The number of anilines is 2. The smallest absolute Gasteiger partial charge is 0.109 e. The summed E-state index contributed by atoms with van der Waals surface area (Å²) in [5.74, 6) is 0. The molecule has 4 heteroatoms. The number of aliphatic hydroxyl groups is 1. The van der Waals surface area contributed by atoms with Gasteiger partial charge in [0.2, 0.25) is 0 Å². The van der Waals surface area contributed by atoms with Crippen LogP contribution in [0.25, 0.3) is 0 Å². The summed E-state index contributed by atoms with van der Waals surface area (Å²) in [7, 11) is 4.23. The van der Waals surface area contributed by atoms with Gasteiger partial charge < -0.3 is 14.9 Å². The second-order valence-corrected chi connectivity index (χ2v) is 8.38. The minimum Gasteiger partial charge on any atom is -0.394 e. The van der Waals surface area contributed by atoms with Crippen molar-refractivity contribution in [2.45, 2.75) is 25.6 Å². The number of hydrogen-bond acceptors (Lipinski definition) is 4. The Kier molecular flexibility index (Phi) is 7.03. The van der Waals surface area contributed by atoms with Gasteiger partial charge in [-0.1, -0.05) is 91.0 Å². The molecule has 0 aliphatic heterocycles. The maximum Gasteiger partial charge on any atom is 0.109 e. The van der Waals surface area contributed by atoms with Crippen molar-refractivity contribution in [2.24, 2.45) is 4.99 Å². The summed E-state index contributed by atoms with van der Waals surface area (Å²) in [5, 5.41) is 11.0. The van der Waals surface area contributed by atoms with Gasteiger partial charge in [0.1, 0.15) is 5.36 Å². The van der Waals surface area contributed by atoms with E-state index in [0.717, 1.165) is 24.9 Å². The fourth-order valence-corrected chi connectivity index (χ4v) is 4.10. The summed E-state index contributed by atoms with van der Waals surface area (Å²) >= 11 is 0. The highest BCUT2D eigenvalue weighted by Gasteiger charge is 2.28. The predicted octanol–water partition coefficient (Wildman–Crippen LogP) is 4.34. The largest absolute Gasteiger partial charge is 0.394 e. The maximum absolute atomic E-state index is 10.0. The molecule has 1 N–H and O–H groups in total. The molecule has 0 aliphatic carbocycles. The van der Waals surface area contributed by atoms with Gasteiger partial charge in [0.05, 0.1) is 24.0 Å². The number of aliphatic hydroxyl groups excluding tert-OH is 1. The van der Waals surface area contributed by atoms with Crippen LogP contribution in [0.15, 0.2) is 96.0 Å². The normalized spacial score (nSPS) is 12.0. The second kappa shape index (κ2) is 10.3. The van der Waals surface area contributed by atoms with E-state index >= 15 is 0 Å². The van der Waals surface area contributed by atoms with E-state index in [9.17, 15) is 5.11 Å². The van der Waals surface area contributed by atoms with Gasteiger partial charge in [-0.25, -0.2) is 0 Å². The molecule has 0 heterocycles. The lowest BCUT2D eigenvalue weighted by Gasteiger charge is -2.18. The fraction of sp³-hybridized carbons (Fsp3) is 0.250. The molecule has 0 fully saturated rings. The molecule has 4 rings (SSSR count). The van der Waals surface area contributed by atoms with Gasteiger partial charge in [-0.15, -0.1) is 0 Å². The molecule has 0 aromatic heterocycles. The Morgan fingerprint density at radius 3 is 1.47 bits per heavy atom. The molecule has 1 atom stereocenters. The van der Waals surface area contributed by atoms with Crippen LogP contribution in [0.1, 0.15) is 16.7 Å². The van der Waals surface area contributed by atoms with E-state index in [0.29, 0.717) is 0 Å². The molecule has 4 aromatic carbocycles. The van der Waals surface area contributed by atoms with Crippen LogP contribution >= 0.6 is 0 Å². The quantitative estimate of drug-likeness (QED) is 0.411. The Morgan fingerprint density at radius 2 is 1.06 bits per heavy atom. The zero-order valence-corrected chi connectivity index (χ0v) is 18.9. The van der Waals surface area contributed by atoms with E-state index in [1.54, 1.807) is 0 Å². The number of benzene rings is 3. The van der Waals surface area contributed by atoms with Gasteiger partial charge in [-0.2, -0.15) is 0 Å². The summed E-state index contributed by atoms with van der Waals surface area (Å²) in [6.07, 6.45) is 0.728. The average Bonchev–Trinajstić information content (AvgIpc) is 3.54. The molecular formula is C28H31N3O. The fourth-order valence-electron chi connectivity index (χ4n) is 4.10. The van der Waals surface area contributed by atoms with Gasteiger partial charge >= 0.3 is 0 Å². The third-order valence-electron chi connectivity index (χ3n) is 5.74. The highest BCUT2D eigenvalue weighted by Crippen LogP contribution is 2.33. The first-order valence-electron chi connectivity index (χ1n) is 11.1. The van der Waals surface area contributed by atoms with Crippen molar-refractivity contribution in [3.63, 3.8) is 0 Å². The molecule has 0 spiro atoms. The van der Waals surface area contributed by atoms with E-state index in [1.807, 2.05) is 30.3 Å². The minimum absolute atomic E-state index is 0.0315. The molecule has 0 saturated heterocycles. The van der Waals surface area contributed by atoms with Crippen LogP contribution in [0, 0.1) is 0 Å². The minimum atomic E-state index is -0.157. The van der Waals surface area contributed by atoms with Crippen LogP contribution in [-0.2, 0) is 19.5 Å². The van der Waals surface area contributed by atoms with Gasteiger partial charge in [0.25, 0.3) is 0 Å². The Labute approximate surface area is 190 Å². The van der Waals surface area contributed by atoms with Crippen LogP contribution in [0.5, 0.6) is 0 Å². The zero-order valence-electron chi connectivity index (χ0n) is 18.9. The molecular weight excluding hydrogens is 394 g/mol. The number of hydrogen-bond donors (Lipinski definition) is 1. The first-order valence-corrected chi connectivity index (χ1v) is 11.1. The van der Waals surface area contributed by atoms with Gasteiger partial charge in [-0.3, -0.25) is 4.99 Å². The lowest BCUT2D eigenvalue weighted by atomic mass is 10.1. The first kappa shape index (κ1) is 21.8. The highest BCUT2D eigenvalue weighted by atomic mass is 16.3. The monoisotopic (exact) mass is 425 g/mol. The summed E-state index contributed by atoms with van der Waals surface area (Å²) in [4.78, 5) is 9.53. The van der Waals surface area contributed by atoms with E-state index in [1.165, 1.54) is 28.1 Å².